The number of carbonyl (C=O) groups excluding carboxylic acids is 1. The van der Waals surface area contributed by atoms with E-state index in [0.717, 1.165) is 19.3 Å². The van der Waals surface area contributed by atoms with E-state index in [1.54, 1.807) is 11.8 Å². The van der Waals surface area contributed by atoms with Gasteiger partial charge in [-0.3, -0.25) is 4.79 Å². The Bertz CT molecular complexity index is 265. The van der Waals surface area contributed by atoms with E-state index < -0.39 is 11.5 Å². The summed E-state index contributed by atoms with van der Waals surface area (Å²) in [5.41, 5.74) is -0.982. The van der Waals surface area contributed by atoms with Gasteiger partial charge in [-0.1, -0.05) is 6.92 Å². The van der Waals surface area contributed by atoms with Gasteiger partial charge in [-0.25, -0.2) is 4.79 Å². The van der Waals surface area contributed by atoms with Crippen LogP contribution in [0, 0.1) is 0 Å². The first-order valence-electron chi connectivity index (χ1n) is 5.56. The van der Waals surface area contributed by atoms with E-state index in [0.29, 0.717) is 19.4 Å². The number of amides is 1. The van der Waals surface area contributed by atoms with E-state index in [-0.39, 0.29) is 5.91 Å². The molecule has 1 saturated heterocycles. The summed E-state index contributed by atoms with van der Waals surface area (Å²) >= 11 is 0. The maximum Gasteiger partial charge on any atom is 0.329 e. The second kappa shape index (κ2) is 4.64. The maximum atomic E-state index is 11.8. The molecule has 1 fully saturated rings. The monoisotopic (exact) mass is 213 g/mol. The van der Waals surface area contributed by atoms with Crippen LogP contribution in [0.15, 0.2) is 0 Å². The molecule has 15 heavy (non-hydrogen) atoms. The van der Waals surface area contributed by atoms with Crippen LogP contribution in [-0.4, -0.2) is 34.0 Å². The van der Waals surface area contributed by atoms with Gasteiger partial charge in [0.05, 0.1) is 0 Å². The van der Waals surface area contributed by atoms with Crippen molar-refractivity contribution < 1.29 is 14.7 Å². The molecule has 0 bridgehead atoms. The highest BCUT2D eigenvalue weighted by atomic mass is 16.4. The summed E-state index contributed by atoms with van der Waals surface area (Å²) in [7, 11) is 0. The van der Waals surface area contributed by atoms with Crippen LogP contribution >= 0.6 is 0 Å². The predicted octanol–water partition coefficient (Wildman–Crippen LogP) is 1.64. The molecule has 1 rings (SSSR count). The van der Waals surface area contributed by atoms with Crippen LogP contribution in [0.2, 0.25) is 0 Å². The number of carboxylic acids is 1. The number of hydrogen-bond donors (Lipinski definition) is 1. The van der Waals surface area contributed by atoms with Crippen LogP contribution in [0.1, 0.15) is 46.0 Å². The van der Waals surface area contributed by atoms with Gasteiger partial charge in [0.1, 0.15) is 5.54 Å². The lowest BCUT2D eigenvalue weighted by molar-refractivity contribution is -0.161. The average Bonchev–Trinajstić information content (AvgIpc) is 2.18. The molecule has 1 N–H and O–H groups in total. The Morgan fingerprint density at radius 2 is 2.07 bits per heavy atom. The number of likely N-dealkylation sites (tertiary alicyclic amines) is 1. The summed E-state index contributed by atoms with van der Waals surface area (Å²) in [6.07, 6.45) is 3.59. The Labute approximate surface area is 90.3 Å². The standard InChI is InChI=1S/C11H19NO3/c1-3-6-9(13)12-8-5-4-7-11(12,2)10(14)15/h3-8H2,1-2H3,(H,14,15). The molecule has 0 spiro atoms. The van der Waals surface area contributed by atoms with Crippen LogP contribution in [0.4, 0.5) is 0 Å². The summed E-state index contributed by atoms with van der Waals surface area (Å²) in [6.45, 7) is 4.17. The second-order valence-corrected chi connectivity index (χ2v) is 4.33. The van der Waals surface area contributed by atoms with E-state index in [1.165, 1.54) is 0 Å². The van der Waals surface area contributed by atoms with Crippen LogP contribution in [-0.2, 0) is 9.59 Å². The molecule has 1 atom stereocenters. The van der Waals surface area contributed by atoms with Crippen LogP contribution in [0.5, 0.6) is 0 Å². The Morgan fingerprint density at radius 3 is 2.60 bits per heavy atom. The van der Waals surface area contributed by atoms with Gasteiger partial charge in [0.15, 0.2) is 0 Å². The third kappa shape index (κ3) is 2.30. The molecule has 4 nitrogen and oxygen atoms in total. The molecular weight excluding hydrogens is 194 g/mol. The van der Waals surface area contributed by atoms with Gasteiger partial charge in [-0.05, 0) is 32.6 Å². The zero-order valence-electron chi connectivity index (χ0n) is 9.45. The van der Waals surface area contributed by atoms with Crippen LogP contribution < -0.4 is 0 Å². The lowest BCUT2D eigenvalue weighted by atomic mass is 9.88. The Kier molecular flexibility index (Phi) is 3.72. The van der Waals surface area contributed by atoms with Crippen molar-refractivity contribution >= 4 is 11.9 Å². The van der Waals surface area contributed by atoms with Crippen LogP contribution in [0.25, 0.3) is 0 Å². The van der Waals surface area contributed by atoms with Crippen molar-refractivity contribution in [3.8, 4) is 0 Å². The first kappa shape index (κ1) is 12.0. The van der Waals surface area contributed by atoms with E-state index in [1.807, 2.05) is 6.92 Å². The molecular formula is C11H19NO3. The molecule has 1 unspecified atom stereocenters. The van der Waals surface area contributed by atoms with Crippen molar-refractivity contribution in [2.45, 2.75) is 51.5 Å². The minimum Gasteiger partial charge on any atom is -0.480 e. The topological polar surface area (TPSA) is 57.6 Å². The highest BCUT2D eigenvalue weighted by molar-refractivity contribution is 5.86. The second-order valence-electron chi connectivity index (χ2n) is 4.33. The van der Waals surface area contributed by atoms with Crippen LogP contribution in [0.3, 0.4) is 0 Å². The average molecular weight is 213 g/mol. The minimum atomic E-state index is -0.982. The zero-order chi connectivity index (χ0) is 11.5. The Hall–Kier alpha value is -1.06. The number of piperidine rings is 1. The molecule has 1 aliphatic heterocycles. The number of carbonyl (C=O) groups is 2. The SMILES string of the molecule is CCCC(=O)N1CCCCC1(C)C(=O)O. The smallest absolute Gasteiger partial charge is 0.329 e. The van der Waals surface area contributed by atoms with Gasteiger partial charge >= 0.3 is 5.97 Å². The van der Waals surface area contributed by atoms with Crippen molar-refractivity contribution in [1.29, 1.82) is 0 Å². The summed E-state index contributed by atoms with van der Waals surface area (Å²) in [5, 5.41) is 9.19. The predicted molar refractivity (Wildman–Crippen MR) is 56.5 cm³/mol. The molecule has 0 aliphatic carbocycles. The number of rotatable bonds is 3. The Balaban J connectivity index is 2.82. The fraction of sp³-hybridized carbons (Fsp3) is 0.818. The number of carboxylic acid groups (broad SMARTS) is 1. The molecule has 0 saturated carbocycles. The van der Waals surface area contributed by atoms with Crippen molar-refractivity contribution in [2.75, 3.05) is 6.54 Å². The quantitative estimate of drug-likeness (QED) is 0.775. The molecule has 1 aliphatic rings. The van der Waals surface area contributed by atoms with E-state index in [2.05, 4.69) is 0 Å². The van der Waals surface area contributed by atoms with Gasteiger partial charge < -0.3 is 10.0 Å². The lowest BCUT2D eigenvalue weighted by Crippen LogP contribution is -2.57. The third-order valence-electron chi connectivity index (χ3n) is 3.12. The van der Waals surface area contributed by atoms with Gasteiger partial charge in [0, 0.05) is 13.0 Å². The summed E-state index contributed by atoms with van der Waals surface area (Å²) in [5.74, 6) is -0.909. The number of nitrogens with zero attached hydrogens (tertiary/aromatic N) is 1. The molecule has 0 aromatic rings. The highest BCUT2D eigenvalue weighted by Crippen LogP contribution is 2.28. The molecule has 1 amide bonds. The molecule has 4 heteroatoms. The van der Waals surface area contributed by atoms with E-state index >= 15 is 0 Å². The number of aliphatic carboxylic acids is 1. The molecule has 0 radical (unpaired) electrons. The van der Waals surface area contributed by atoms with Gasteiger partial charge in [-0.15, -0.1) is 0 Å². The number of hydrogen-bond acceptors (Lipinski definition) is 2. The van der Waals surface area contributed by atoms with Gasteiger partial charge in [-0.2, -0.15) is 0 Å². The van der Waals surface area contributed by atoms with Gasteiger partial charge in [0.25, 0.3) is 0 Å². The fourth-order valence-electron chi connectivity index (χ4n) is 2.09. The molecule has 0 aromatic carbocycles. The largest absolute Gasteiger partial charge is 0.480 e. The maximum absolute atomic E-state index is 11.8. The molecule has 1 heterocycles. The summed E-state index contributed by atoms with van der Waals surface area (Å²) in [6, 6.07) is 0. The van der Waals surface area contributed by atoms with Crippen molar-refractivity contribution in [3.63, 3.8) is 0 Å². The minimum absolute atomic E-state index is 0.0258. The summed E-state index contributed by atoms with van der Waals surface area (Å²) < 4.78 is 0. The van der Waals surface area contributed by atoms with Crippen molar-refractivity contribution in [2.24, 2.45) is 0 Å². The van der Waals surface area contributed by atoms with Gasteiger partial charge in [0.2, 0.25) is 5.91 Å². The normalized spacial score (nSPS) is 26.4. The van der Waals surface area contributed by atoms with E-state index in [4.69, 9.17) is 0 Å². The first-order chi connectivity index (χ1) is 7.02. The van der Waals surface area contributed by atoms with Crippen molar-refractivity contribution in [3.05, 3.63) is 0 Å². The van der Waals surface area contributed by atoms with Crippen molar-refractivity contribution in [1.82, 2.24) is 4.90 Å². The Morgan fingerprint density at radius 1 is 1.40 bits per heavy atom. The zero-order valence-corrected chi connectivity index (χ0v) is 9.45. The highest BCUT2D eigenvalue weighted by Gasteiger charge is 2.43. The summed E-state index contributed by atoms with van der Waals surface area (Å²) in [4.78, 5) is 24.5. The molecule has 86 valence electrons. The lowest BCUT2D eigenvalue weighted by Gasteiger charge is -2.41. The fourth-order valence-corrected chi connectivity index (χ4v) is 2.09. The molecule has 0 aromatic heterocycles. The van der Waals surface area contributed by atoms with E-state index in [9.17, 15) is 14.7 Å². The third-order valence-corrected chi connectivity index (χ3v) is 3.12. The first-order valence-corrected chi connectivity index (χ1v) is 5.56.